The molecule has 37 heavy (non-hydrogen) atoms. The van der Waals surface area contributed by atoms with Gasteiger partial charge in [-0.25, -0.2) is 0 Å². The van der Waals surface area contributed by atoms with Crippen molar-refractivity contribution in [3.8, 4) is 0 Å². The lowest BCUT2D eigenvalue weighted by molar-refractivity contribution is -0.885. The molecule has 1 N–H and O–H groups in total. The summed E-state index contributed by atoms with van der Waals surface area (Å²) >= 11 is 7.81. The number of carbonyl (C=O) groups is 2. The number of benzene rings is 2. The zero-order valence-electron chi connectivity index (χ0n) is 22.7. The second kappa shape index (κ2) is 11.2. The van der Waals surface area contributed by atoms with Gasteiger partial charge in [-0.05, 0) is 67.1 Å². The number of hydrogen-bond donors (Lipinski definition) is 1. The maximum absolute atomic E-state index is 13.7. The Kier molecular flexibility index (Phi) is 8.60. The molecule has 2 aromatic carbocycles. The third kappa shape index (κ3) is 5.63. The van der Waals surface area contributed by atoms with Crippen molar-refractivity contribution in [2.75, 3.05) is 11.8 Å². The number of halogens is 1. The molecule has 0 radical (unpaired) electrons. The van der Waals surface area contributed by atoms with Crippen molar-refractivity contribution < 1.29 is 19.2 Å². The van der Waals surface area contributed by atoms with Gasteiger partial charge >= 0.3 is 0 Å². The van der Waals surface area contributed by atoms with Crippen LogP contribution in [0.4, 0.5) is 5.69 Å². The van der Waals surface area contributed by atoms with E-state index in [9.17, 15) is 9.59 Å². The fraction of sp³-hybridized carbons (Fsp3) is 0.345. The summed E-state index contributed by atoms with van der Waals surface area (Å²) in [6.45, 7) is 14.2. The summed E-state index contributed by atoms with van der Waals surface area (Å²) in [5.74, 6) is -0.812. The number of nitrogens with zero attached hydrogens (tertiary/aromatic N) is 2. The summed E-state index contributed by atoms with van der Waals surface area (Å²) in [6.07, 6.45) is 3.49. The molecular weight excluding hydrogens is 506 g/mol. The van der Waals surface area contributed by atoms with Gasteiger partial charge < -0.3 is 4.72 Å². The van der Waals surface area contributed by atoms with Crippen molar-refractivity contribution in [3.05, 3.63) is 88.2 Å². The molecule has 0 spiro atoms. The van der Waals surface area contributed by atoms with Crippen molar-refractivity contribution in [1.82, 2.24) is 4.90 Å². The van der Waals surface area contributed by atoms with Crippen molar-refractivity contribution in [3.63, 3.8) is 0 Å². The highest BCUT2D eigenvalue weighted by atomic mass is 35.5. The fourth-order valence-electron chi connectivity index (χ4n) is 4.11. The molecule has 0 unspecified atom stereocenters. The molecule has 196 valence electrons. The molecule has 0 saturated heterocycles. The quantitative estimate of drug-likeness (QED) is 0.215. The molecule has 2 heterocycles. The van der Waals surface area contributed by atoms with Crippen LogP contribution in [0.3, 0.4) is 0 Å². The molecule has 0 aliphatic carbocycles. The molecule has 0 atom stereocenters. The van der Waals surface area contributed by atoms with Crippen LogP contribution in [-0.4, -0.2) is 23.8 Å². The van der Waals surface area contributed by atoms with Crippen LogP contribution in [0.1, 0.15) is 80.3 Å². The fourth-order valence-corrected chi connectivity index (χ4v) is 5.02. The number of nitrogens with one attached hydrogen (secondary N) is 1. The zero-order valence-corrected chi connectivity index (χ0v) is 24.3. The van der Waals surface area contributed by atoms with Crippen molar-refractivity contribution in [2.24, 2.45) is 0 Å². The van der Waals surface area contributed by atoms with Crippen molar-refractivity contribution in [1.29, 1.82) is 0 Å². The summed E-state index contributed by atoms with van der Waals surface area (Å²) < 4.78 is 4.79. The Bertz CT molecular complexity index is 1300. The average Bonchev–Trinajstić information content (AvgIpc) is 3.16. The largest absolute Gasteiger partial charge is 0.325 e. The first-order valence-electron chi connectivity index (χ1n) is 12.3. The molecule has 0 fully saturated rings. The Hall–Kier alpha value is -3.03. The van der Waals surface area contributed by atoms with Gasteiger partial charge in [-0.2, -0.15) is 0 Å². The number of imide groups is 1. The molecule has 0 bridgehead atoms. The van der Waals surface area contributed by atoms with E-state index in [-0.39, 0.29) is 21.6 Å². The van der Waals surface area contributed by atoms with Crippen LogP contribution in [0.5, 0.6) is 0 Å². The van der Waals surface area contributed by atoms with Crippen LogP contribution >= 0.6 is 23.5 Å². The number of pyridine rings is 1. The minimum absolute atomic E-state index is 0.0674. The molecule has 3 aromatic rings. The summed E-state index contributed by atoms with van der Waals surface area (Å²) in [5.41, 5.74) is 2.16. The third-order valence-corrected chi connectivity index (χ3v) is 7.38. The van der Waals surface area contributed by atoms with E-state index in [0.717, 1.165) is 10.5 Å². The van der Waals surface area contributed by atoms with E-state index in [1.807, 2.05) is 45.9 Å². The smallest absolute Gasteiger partial charge is 0.264 e. The first-order chi connectivity index (χ1) is 17.4. The topological polar surface area (TPSA) is 62.5 Å². The number of fused-ring (bicyclic) bond motifs is 1. The predicted molar refractivity (Wildman–Crippen MR) is 150 cm³/mol. The first-order valence-corrected chi connectivity index (χ1v) is 13.5. The molecule has 6 nitrogen and oxygen atoms in total. The molecular formula is C29H35ClN3O3S+. The third-order valence-electron chi connectivity index (χ3n) is 6.24. The summed E-state index contributed by atoms with van der Waals surface area (Å²) in [5, 5.41) is 0.252. The first kappa shape index (κ1) is 28.5. The van der Waals surface area contributed by atoms with E-state index in [1.54, 1.807) is 37.7 Å². The van der Waals surface area contributed by atoms with Gasteiger partial charge in [-0.3, -0.25) is 19.3 Å². The Morgan fingerprint density at radius 3 is 2.11 bits per heavy atom. The van der Waals surface area contributed by atoms with Gasteiger partial charge in [0.15, 0.2) is 0 Å². The lowest BCUT2D eigenvalue weighted by Crippen LogP contribution is -2.48. The lowest BCUT2D eigenvalue weighted by Gasteiger charge is -2.33. The van der Waals surface area contributed by atoms with Crippen molar-refractivity contribution >= 4 is 41.1 Å². The van der Waals surface area contributed by atoms with Gasteiger partial charge in [0.1, 0.15) is 7.11 Å². The van der Waals surface area contributed by atoms with Gasteiger partial charge in [0.25, 0.3) is 11.8 Å². The number of aromatic nitrogens is 1. The Balaban J connectivity index is 0.00000186. The Morgan fingerprint density at radius 1 is 0.892 bits per heavy atom. The van der Waals surface area contributed by atoms with Crippen LogP contribution < -0.4 is 14.3 Å². The molecule has 2 amide bonds. The van der Waals surface area contributed by atoms with Crippen LogP contribution in [0.15, 0.2) is 65.8 Å². The number of carbonyl (C=O) groups excluding carboxylic acids is 2. The van der Waals surface area contributed by atoms with Gasteiger partial charge in [0.2, 0.25) is 12.4 Å². The van der Waals surface area contributed by atoms with E-state index in [2.05, 4.69) is 37.6 Å². The molecule has 4 rings (SSSR count). The summed E-state index contributed by atoms with van der Waals surface area (Å²) in [4.78, 5) is 34.7. The average molecular weight is 541 g/mol. The molecule has 1 aliphatic heterocycles. The van der Waals surface area contributed by atoms with Crippen molar-refractivity contribution in [2.45, 2.75) is 64.3 Å². The van der Waals surface area contributed by atoms with Gasteiger partial charge in [0.05, 0.1) is 27.4 Å². The SMILES string of the molecule is CC.CO[n+]1cccc(C(C)(C)N2C(=O)c3c(Cl)ccc(NSc4ccc(C(C)(C)C)cc4)c3C2=O)c1. The Morgan fingerprint density at radius 2 is 1.51 bits per heavy atom. The maximum atomic E-state index is 13.7. The summed E-state index contributed by atoms with van der Waals surface area (Å²) in [6, 6.07) is 15.3. The van der Waals surface area contributed by atoms with Crippen LogP contribution in [0.2, 0.25) is 5.02 Å². The van der Waals surface area contributed by atoms with E-state index in [0.29, 0.717) is 5.69 Å². The standard InChI is InChI=1S/C27H28ClN3O3S.C2H6/c1-26(2,3)17-9-11-19(12-10-17)35-29-21-14-13-20(28)22-23(21)25(33)31(24(22)32)27(4,5)18-8-7-15-30(16-18)34-6;1-2/h7-16H,1-6H3;1-2H3/p+1. The minimum atomic E-state index is -0.939. The molecule has 8 heteroatoms. The minimum Gasteiger partial charge on any atom is -0.325 e. The molecule has 1 aliphatic rings. The van der Waals surface area contributed by atoms with Crippen LogP contribution in [0, 0.1) is 0 Å². The lowest BCUT2D eigenvalue weighted by atomic mass is 9.87. The van der Waals surface area contributed by atoms with Gasteiger partial charge in [-0.15, -0.1) is 0 Å². The Labute approximate surface area is 229 Å². The highest BCUT2D eigenvalue weighted by Gasteiger charge is 2.48. The number of rotatable bonds is 6. The second-order valence-corrected chi connectivity index (χ2v) is 11.3. The van der Waals surface area contributed by atoms with E-state index >= 15 is 0 Å². The normalized spacial score (nSPS) is 13.2. The molecule has 1 aromatic heterocycles. The highest BCUT2D eigenvalue weighted by molar-refractivity contribution is 8.00. The van der Waals surface area contributed by atoms with Gasteiger partial charge in [-0.1, -0.05) is 58.4 Å². The number of hydrogen-bond acceptors (Lipinski definition) is 5. The maximum Gasteiger partial charge on any atom is 0.264 e. The predicted octanol–water partition coefficient (Wildman–Crippen LogP) is 6.66. The van der Waals surface area contributed by atoms with E-state index < -0.39 is 17.4 Å². The van der Waals surface area contributed by atoms with E-state index in [4.69, 9.17) is 16.4 Å². The van der Waals surface area contributed by atoms with Crippen LogP contribution in [0.25, 0.3) is 0 Å². The number of amides is 2. The highest BCUT2D eigenvalue weighted by Crippen LogP contribution is 2.41. The van der Waals surface area contributed by atoms with E-state index in [1.165, 1.54) is 27.1 Å². The summed E-state index contributed by atoms with van der Waals surface area (Å²) in [7, 11) is 1.55. The molecule has 0 saturated carbocycles. The van der Waals surface area contributed by atoms with Gasteiger partial charge in [0, 0.05) is 21.3 Å². The zero-order chi connectivity index (χ0) is 27.5. The van der Waals surface area contributed by atoms with Crippen LogP contribution in [-0.2, 0) is 11.0 Å². The number of anilines is 1. The second-order valence-electron chi connectivity index (χ2n) is 9.96. The monoisotopic (exact) mass is 540 g/mol.